The van der Waals surface area contributed by atoms with Gasteiger partial charge in [-0.15, -0.1) is 0 Å². The van der Waals surface area contributed by atoms with Gasteiger partial charge in [0.25, 0.3) is 0 Å². The molecule has 2 rings (SSSR count). The molecule has 0 bridgehead atoms. The molecule has 1 aliphatic rings. The van der Waals surface area contributed by atoms with Crippen LogP contribution in [-0.4, -0.2) is 11.0 Å². The van der Waals surface area contributed by atoms with Gasteiger partial charge >= 0.3 is 0 Å². The maximum atomic E-state index is 11.3. The third-order valence-electron chi connectivity index (χ3n) is 3.30. The van der Waals surface area contributed by atoms with Gasteiger partial charge in [-0.05, 0) is 36.0 Å². The van der Waals surface area contributed by atoms with Gasteiger partial charge in [-0.3, -0.25) is 4.79 Å². The van der Waals surface area contributed by atoms with Crippen LogP contribution in [0.5, 0.6) is 0 Å². The van der Waals surface area contributed by atoms with Gasteiger partial charge in [-0.2, -0.15) is 0 Å². The van der Waals surface area contributed by atoms with Gasteiger partial charge in [0.15, 0.2) is 0 Å². The van der Waals surface area contributed by atoms with E-state index in [1.165, 1.54) is 0 Å². The molecular weight excluding hydrogens is 214 g/mol. The smallest absolute Gasteiger partial charge is 0.224 e. The highest BCUT2D eigenvalue weighted by Crippen LogP contribution is 2.31. The van der Waals surface area contributed by atoms with Crippen molar-refractivity contribution in [3.8, 4) is 0 Å². The average molecular weight is 233 g/mol. The molecule has 1 atom stereocenters. The maximum absolute atomic E-state index is 11.3. The summed E-state index contributed by atoms with van der Waals surface area (Å²) >= 11 is 0. The molecule has 0 aromatic heterocycles. The summed E-state index contributed by atoms with van der Waals surface area (Å²) < 4.78 is 0. The lowest BCUT2D eigenvalue weighted by molar-refractivity contribution is -0.116. The summed E-state index contributed by atoms with van der Waals surface area (Å²) in [6.45, 7) is 5.98. The van der Waals surface area contributed by atoms with E-state index in [-0.39, 0.29) is 11.8 Å². The number of hydrogen-bond donors (Lipinski definition) is 2. The maximum Gasteiger partial charge on any atom is 0.224 e. The van der Waals surface area contributed by atoms with Crippen molar-refractivity contribution in [2.45, 2.75) is 39.7 Å². The van der Waals surface area contributed by atoms with Crippen LogP contribution in [0.2, 0.25) is 0 Å². The number of rotatable bonds is 2. The van der Waals surface area contributed by atoms with E-state index in [1.54, 1.807) is 0 Å². The van der Waals surface area contributed by atoms with Gasteiger partial charge in [0.05, 0.1) is 6.10 Å². The van der Waals surface area contributed by atoms with E-state index in [1.807, 2.05) is 32.9 Å². The summed E-state index contributed by atoms with van der Waals surface area (Å²) in [4.78, 5) is 11.3. The predicted molar refractivity (Wildman–Crippen MR) is 67.9 cm³/mol. The Morgan fingerprint density at radius 2 is 2.00 bits per heavy atom. The fraction of sp³-hybridized carbons (Fsp3) is 0.500. The summed E-state index contributed by atoms with van der Waals surface area (Å²) in [5.74, 6) is 0.281. The third kappa shape index (κ3) is 2.34. The average Bonchev–Trinajstić information content (AvgIpc) is 2.28. The fourth-order valence-corrected chi connectivity index (χ4v) is 2.27. The Morgan fingerprint density at radius 1 is 1.29 bits per heavy atom. The van der Waals surface area contributed by atoms with Crippen molar-refractivity contribution in [3.05, 3.63) is 28.8 Å². The summed E-state index contributed by atoms with van der Waals surface area (Å²) in [6, 6.07) is 3.99. The lowest BCUT2D eigenvalue weighted by Gasteiger charge is -2.23. The highest BCUT2D eigenvalue weighted by Gasteiger charge is 2.20. The Hall–Kier alpha value is -1.35. The van der Waals surface area contributed by atoms with E-state index in [2.05, 4.69) is 5.32 Å². The Morgan fingerprint density at radius 3 is 2.65 bits per heavy atom. The topological polar surface area (TPSA) is 49.3 Å². The van der Waals surface area contributed by atoms with Crippen LogP contribution in [-0.2, 0) is 11.2 Å². The van der Waals surface area contributed by atoms with Crippen molar-refractivity contribution in [1.29, 1.82) is 0 Å². The third-order valence-corrected chi connectivity index (χ3v) is 3.30. The Balaban J connectivity index is 2.41. The number of aliphatic hydroxyl groups is 1. The molecule has 1 aromatic rings. The zero-order valence-corrected chi connectivity index (χ0v) is 10.6. The van der Waals surface area contributed by atoms with E-state index in [0.29, 0.717) is 6.42 Å². The molecule has 0 radical (unpaired) electrons. The standard InChI is InChI=1S/C14H19NO2/c1-8(2)14(17)11-6-9(3)13-10(7-11)4-5-12(16)15-13/h6-8,14,17H,4-5H2,1-3H3,(H,15,16). The van der Waals surface area contributed by atoms with Crippen molar-refractivity contribution in [3.63, 3.8) is 0 Å². The fourth-order valence-electron chi connectivity index (χ4n) is 2.27. The Kier molecular flexibility index (Phi) is 3.20. The normalized spacial score (nSPS) is 16.6. The second kappa shape index (κ2) is 4.49. The largest absolute Gasteiger partial charge is 0.388 e. The van der Waals surface area contributed by atoms with Gasteiger partial charge < -0.3 is 10.4 Å². The monoisotopic (exact) mass is 233 g/mol. The van der Waals surface area contributed by atoms with Crippen molar-refractivity contribution in [2.75, 3.05) is 5.32 Å². The van der Waals surface area contributed by atoms with E-state index in [9.17, 15) is 9.90 Å². The molecule has 0 fully saturated rings. The van der Waals surface area contributed by atoms with Gasteiger partial charge in [0.2, 0.25) is 5.91 Å². The lowest BCUT2D eigenvalue weighted by atomic mass is 9.91. The minimum atomic E-state index is -0.434. The van der Waals surface area contributed by atoms with Crippen LogP contribution in [0.1, 0.15) is 43.1 Å². The van der Waals surface area contributed by atoms with Gasteiger partial charge in [0, 0.05) is 12.1 Å². The number of fused-ring (bicyclic) bond motifs is 1. The number of amides is 1. The van der Waals surface area contributed by atoms with Crippen molar-refractivity contribution >= 4 is 11.6 Å². The molecule has 1 unspecified atom stereocenters. The van der Waals surface area contributed by atoms with E-state index in [0.717, 1.165) is 28.8 Å². The molecule has 1 heterocycles. The van der Waals surface area contributed by atoms with Crippen LogP contribution in [0.3, 0.4) is 0 Å². The number of carbonyl (C=O) groups excluding carboxylic acids is 1. The SMILES string of the molecule is Cc1cc(C(O)C(C)C)cc2c1NC(=O)CC2. The van der Waals surface area contributed by atoms with Gasteiger partial charge in [-0.25, -0.2) is 0 Å². The summed E-state index contributed by atoms with van der Waals surface area (Å²) in [5, 5.41) is 13.0. The van der Waals surface area contributed by atoms with Gasteiger partial charge in [0.1, 0.15) is 0 Å². The molecule has 2 N–H and O–H groups in total. The van der Waals surface area contributed by atoms with Crippen molar-refractivity contribution in [2.24, 2.45) is 5.92 Å². The summed E-state index contributed by atoms with van der Waals surface area (Å²) in [6.07, 6.45) is 0.866. The highest BCUT2D eigenvalue weighted by molar-refractivity contribution is 5.94. The second-order valence-corrected chi connectivity index (χ2v) is 5.11. The minimum absolute atomic E-state index is 0.0813. The number of aryl methyl sites for hydroxylation is 2. The Labute approximate surface area is 102 Å². The quantitative estimate of drug-likeness (QED) is 0.824. The van der Waals surface area contributed by atoms with Crippen LogP contribution >= 0.6 is 0 Å². The molecular formula is C14H19NO2. The molecule has 92 valence electrons. The number of hydrogen-bond acceptors (Lipinski definition) is 2. The molecule has 1 aliphatic heterocycles. The van der Waals surface area contributed by atoms with Crippen LogP contribution in [0.25, 0.3) is 0 Å². The molecule has 1 amide bonds. The predicted octanol–water partition coefficient (Wildman–Crippen LogP) is 2.57. The summed E-state index contributed by atoms with van der Waals surface area (Å²) in [5.41, 5.74) is 4.05. The zero-order valence-electron chi connectivity index (χ0n) is 10.6. The van der Waals surface area contributed by atoms with Gasteiger partial charge in [-0.1, -0.05) is 26.0 Å². The molecule has 3 nitrogen and oxygen atoms in total. The second-order valence-electron chi connectivity index (χ2n) is 5.11. The first-order valence-corrected chi connectivity index (χ1v) is 6.10. The summed E-state index contributed by atoms with van der Waals surface area (Å²) in [7, 11) is 0. The first kappa shape index (κ1) is 12.1. The Bertz CT molecular complexity index is 452. The van der Waals surface area contributed by atoms with E-state index < -0.39 is 6.10 Å². The van der Waals surface area contributed by atoms with Crippen LogP contribution < -0.4 is 5.32 Å². The first-order valence-electron chi connectivity index (χ1n) is 6.10. The zero-order chi connectivity index (χ0) is 12.6. The molecule has 3 heteroatoms. The van der Waals surface area contributed by atoms with Crippen molar-refractivity contribution < 1.29 is 9.90 Å². The van der Waals surface area contributed by atoms with Crippen LogP contribution in [0, 0.1) is 12.8 Å². The van der Waals surface area contributed by atoms with Crippen LogP contribution in [0.15, 0.2) is 12.1 Å². The van der Waals surface area contributed by atoms with Crippen LogP contribution in [0.4, 0.5) is 5.69 Å². The highest BCUT2D eigenvalue weighted by atomic mass is 16.3. The number of carbonyl (C=O) groups is 1. The first-order chi connectivity index (χ1) is 7.99. The van der Waals surface area contributed by atoms with E-state index >= 15 is 0 Å². The number of nitrogens with one attached hydrogen (secondary N) is 1. The molecule has 0 saturated carbocycles. The lowest BCUT2D eigenvalue weighted by Crippen LogP contribution is -2.20. The van der Waals surface area contributed by atoms with Crippen molar-refractivity contribution in [1.82, 2.24) is 0 Å². The molecule has 1 aromatic carbocycles. The molecule has 0 saturated heterocycles. The number of aliphatic hydroxyl groups excluding tert-OH is 1. The number of benzene rings is 1. The minimum Gasteiger partial charge on any atom is -0.388 e. The molecule has 0 spiro atoms. The molecule has 17 heavy (non-hydrogen) atoms. The molecule has 0 aliphatic carbocycles. The number of anilines is 1. The van der Waals surface area contributed by atoms with E-state index in [4.69, 9.17) is 0 Å².